The predicted molar refractivity (Wildman–Crippen MR) is 62.1 cm³/mol. The quantitative estimate of drug-likeness (QED) is 0.848. The first-order valence-electron chi connectivity index (χ1n) is 5.75. The molecule has 1 aliphatic heterocycles. The highest BCUT2D eigenvalue weighted by Crippen LogP contribution is 2.37. The van der Waals surface area contributed by atoms with Crippen LogP contribution in [-0.4, -0.2) is 19.2 Å². The lowest BCUT2D eigenvalue weighted by Gasteiger charge is -2.25. The Kier molecular flexibility index (Phi) is 3.49. The molecular formula is C12H15F3N2O. The highest BCUT2D eigenvalue weighted by atomic mass is 19.4. The second kappa shape index (κ2) is 4.78. The zero-order valence-corrected chi connectivity index (χ0v) is 10.00. The van der Waals surface area contributed by atoms with Gasteiger partial charge in [0.05, 0.1) is 18.2 Å². The third-order valence-electron chi connectivity index (χ3n) is 3.25. The van der Waals surface area contributed by atoms with Crippen LogP contribution in [0.2, 0.25) is 0 Å². The van der Waals surface area contributed by atoms with Crippen molar-refractivity contribution < 1.29 is 18.0 Å². The first-order valence-corrected chi connectivity index (χ1v) is 5.75. The van der Waals surface area contributed by atoms with E-state index in [1.165, 1.54) is 12.1 Å². The summed E-state index contributed by atoms with van der Waals surface area (Å²) in [4.78, 5) is 6.52. The highest BCUT2D eigenvalue weighted by Gasteiger charge is 2.34. The molecule has 0 fully saturated rings. The van der Waals surface area contributed by atoms with Crippen molar-refractivity contribution in [3.05, 3.63) is 29.3 Å². The van der Waals surface area contributed by atoms with E-state index < -0.39 is 11.7 Å². The first-order chi connectivity index (χ1) is 8.47. The van der Waals surface area contributed by atoms with Crippen molar-refractivity contribution in [3.8, 4) is 0 Å². The topological polar surface area (TPSA) is 38.5 Å². The van der Waals surface area contributed by atoms with Crippen LogP contribution in [-0.2, 0) is 17.4 Å². The molecule has 1 heterocycles. The Morgan fingerprint density at radius 1 is 1.44 bits per heavy atom. The Labute approximate surface area is 103 Å². The third kappa shape index (κ3) is 2.30. The molecule has 1 aromatic rings. The number of nitrogens with two attached hydrogens (primary N) is 1. The van der Waals surface area contributed by atoms with Crippen LogP contribution in [0.25, 0.3) is 0 Å². The number of alkyl halides is 3. The van der Waals surface area contributed by atoms with E-state index in [2.05, 4.69) is 4.84 Å². The smallest absolute Gasteiger partial charge is 0.366 e. The fourth-order valence-electron chi connectivity index (χ4n) is 2.43. The van der Waals surface area contributed by atoms with E-state index in [9.17, 15) is 13.2 Å². The largest absolute Gasteiger partial charge is 0.416 e. The molecule has 0 bridgehead atoms. The Bertz CT molecular complexity index is 434. The number of hydrogen-bond donors (Lipinski definition) is 1. The van der Waals surface area contributed by atoms with Crippen molar-refractivity contribution in [2.24, 2.45) is 5.90 Å². The maximum absolute atomic E-state index is 12.7. The lowest BCUT2D eigenvalue weighted by Crippen LogP contribution is -2.36. The molecule has 2 rings (SSSR count). The van der Waals surface area contributed by atoms with E-state index in [-0.39, 0.29) is 6.04 Å². The molecule has 0 saturated carbocycles. The van der Waals surface area contributed by atoms with Crippen LogP contribution in [0.5, 0.6) is 0 Å². The van der Waals surface area contributed by atoms with Crippen LogP contribution in [0.15, 0.2) is 18.2 Å². The summed E-state index contributed by atoms with van der Waals surface area (Å²) in [6.45, 7) is 2.84. The molecule has 0 saturated heterocycles. The molecule has 1 aromatic carbocycles. The molecule has 0 aliphatic carbocycles. The van der Waals surface area contributed by atoms with Crippen molar-refractivity contribution in [2.75, 3.05) is 18.1 Å². The van der Waals surface area contributed by atoms with Crippen LogP contribution in [0.1, 0.15) is 18.1 Å². The van der Waals surface area contributed by atoms with E-state index in [4.69, 9.17) is 5.90 Å². The minimum absolute atomic E-state index is 0.0125. The van der Waals surface area contributed by atoms with Gasteiger partial charge in [-0.25, -0.2) is 5.90 Å². The van der Waals surface area contributed by atoms with Gasteiger partial charge in [0, 0.05) is 12.2 Å². The minimum Gasteiger partial charge on any atom is -0.366 e. The minimum atomic E-state index is -4.31. The number of likely N-dealkylation sites (N-methyl/N-ethyl adjacent to an activating group) is 1. The summed E-state index contributed by atoms with van der Waals surface area (Å²) < 4.78 is 38.0. The van der Waals surface area contributed by atoms with Gasteiger partial charge in [0.25, 0.3) is 0 Å². The summed E-state index contributed by atoms with van der Waals surface area (Å²) >= 11 is 0. The second-order valence-electron chi connectivity index (χ2n) is 4.32. The number of nitrogens with zero attached hydrogens (tertiary/aromatic N) is 1. The monoisotopic (exact) mass is 260 g/mol. The average Bonchev–Trinajstić information content (AvgIpc) is 2.64. The summed E-state index contributed by atoms with van der Waals surface area (Å²) in [5.74, 6) is 5.05. The normalized spacial score (nSPS) is 19.2. The number of halogens is 3. The van der Waals surface area contributed by atoms with Crippen LogP contribution in [0.4, 0.5) is 18.9 Å². The number of benzene rings is 1. The molecule has 2 N–H and O–H groups in total. The highest BCUT2D eigenvalue weighted by molar-refractivity contribution is 5.61. The third-order valence-corrected chi connectivity index (χ3v) is 3.25. The van der Waals surface area contributed by atoms with Crippen molar-refractivity contribution >= 4 is 5.69 Å². The molecule has 0 aromatic heterocycles. The molecule has 18 heavy (non-hydrogen) atoms. The maximum Gasteiger partial charge on any atom is 0.416 e. The number of rotatable bonds is 3. The first kappa shape index (κ1) is 13.2. The van der Waals surface area contributed by atoms with Crippen molar-refractivity contribution in [3.63, 3.8) is 0 Å². The Hall–Kier alpha value is -1.27. The lowest BCUT2D eigenvalue weighted by molar-refractivity contribution is -0.137. The maximum atomic E-state index is 12.7. The second-order valence-corrected chi connectivity index (χ2v) is 4.32. The van der Waals surface area contributed by atoms with Gasteiger partial charge in [-0.05, 0) is 31.0 Å². The SMILES string of the molecule is CCN1c2cc(C(F)(F)F)ccc2CC1CON. The average molecular weight is 260 g/mol. The van der Waals surface area contributed by atoms with E-state index in [0.29, 0.717) is 25.3 Å². The summed E-state index contributed by atoms with van der Waals surface area (Å²) in [6.07, 6.45) is -3.64. The molecule has 1 unspecified atom stereocenters. The van der Waals surface area contributed by atoms with Crippen LogP contribution >= 0.6 is 0 Å². The molecule has 3 nitrogen and oxygen atoms in total. The summed E-state index contributed by atoms with van der Waals surface area (Å²) in [6, 6.07) is 3.88. The fraction of sp³-hybridized carbons (Fsp3) is 0.500. The standard InChI is InChI=1S/C12H15F3N2O/c1-2-17-10(7-18-16)5-8-3-4-9(6-11(8)17)12(13,14)15/h3-4,6,10H,2,5,7,16H2,1H3. The molecule has 1 aliphatic rings. The van der Waals surface area contributed by atoms with Gasteiger partial charge < -0.3 is 9.74 Å². The van der Waals surface area contributed by atoms with Gasteiger partial charge in [-0.15, -0.1) is 0 Å². The van der Waals surface area contributed by atoms with Crippen molar-refractivity contribution in [2.45, 2.75) is 25.6 Å². The van der Waals surface area contributed by atoms with Crippen molar-refractivity contribution in [1.82, 2.24) is 0 Å². The molecule has 0 spiro atoms. The molecule has 1 atom stereocenters. The molecule has 100 valence electrons. The fourth-order valence-corrected chi connectivity index (χ4v) is 2.43. The van der Waals surface area contributed by atoms with Crippen LogP contribution in [0.3, 0.4) is 0 Å². The van der Waals surface area contributed by atoms with Gasteiger partial charge in [0.2, 0.25) is 0 Å². The number of hydrogen-bond acceptors (Lipinski definition) is 3. The Morgan fingerprint density at radius 2 is 2.17 bits per heavy atom. The Morgan fingerprint density at radius 3 is 2.72 bits per heavy atom. The summed E-state index contributed by atoms with van der Waals surface area (Å²) in [7, 11) is 0. The van der Waals surface area contributed by atoms with Gasteiger partial charge in [-0.2, -0.15) is 13.2 Å². The zero-order valence-electron chi connectivity index (χ0n) is 10.00. The summed E-state index contributed by atoms with van der Waals surface area (Å²) in [5, 5.41) is 0. The van der Waals surface area contributed by atoms with Crippen LogP contribution < -0.4 is 10.8 Å². The number of fused-ring (bicyclic) bond motifs is 1. The van der Waals surface area contributed by atoms with Gasteiger partial charge in [0.15, 0.2) is 0 Å². The zero-order chi connectivity index (χ0) is 13.3. The molecular weight excluding hydrogens is 245 g/mol. The van der Waals surface area contributed by atoms with E-state index in [1.54, 1.807) is 0 Å². The van der Waals surface area contributed by atoms with E-state index in [1.807, 2.05) is 11.8 Å². The van der Waals surface area contributed by atoms with E-state index >= 15 is 0 Å². The number of anilines is 1. The van der Waals surface area contributed by atoms with Gasteiger partial charge >= 0.3 is 6.18 Å². The molecule has 0 amide bonds. The molecule has 6 heteroatoms. The van der Waals surface area contributed by atoms with Gasteiger partial charge in [0.1, 0.15) is 0 Å². The van der Waals surface area contributed by atoms with Gasteiger partial charge in [-0.3, -0.25) is 0 Å². The van der Waals surface area contributed by atoms with Crippen LogP contribution in [0, 0.1) is 0 Å². The molecule has 0 radical (unpaired) electrons. The lowest BCUT2D eigenvalue weighted by atomic mass is 10.1. The van der Waals surface area contributed by atoms with Crippen molar-refractivity contribution in [1.29, 1.82) is 0 Å². The van der Waals surface area contributed by atoms with Gasteiger partial charge in [-0.1, -0.05) is 6.07 Å². The Balaban J connectivity index is 2.34. The predicted octanol–water partition coefficient (Wildman–Crippen LogP) is 2.35. The summed E-state index contributed by atoms with van der Waals surface area (Å²) in [5.41, 5.74) is 0.926. The van der Waals surface area contributed by atoms with E-state index in [0.717, 1.165) is 11.6 Å².